The number of nitrogens with one attached hydrogen (secondary N) is 1. The molecule has 1 N–H and O–H groups in total. The number of methoxy groups -OCH3 is 1. The van der Waals surface area contributed by atoms with E-state index in [1.807, 2.05) is 0 Å². The van der Waals surface area contributed by atoms with E-state index in [1.54, 1.807) is 12.1 Å². The number of carbonyl (C=O) groups is 4. The third-order valence-corrected chi connectivity index (χ3v) is 4.25. The Morgan fingerprint density at radius 2 is 1.80 bits per heavy atom. The third kappa shape index (κ3) is 2.87. The minimum absolute atomic E-state index is 0.0638. The Balaban J connectivity index is 1.75. The van der Waals surface area contributed by atoms with Gasteiger partial charge in [-0.2, -0.15) is 9.36 Å². The summed E-state index contributed by atoms with van der Waals surface area (Å²) in [7, 11) is 1.19. The molecule has 0 saturated heterocycles. The van der Waals surface area contributed by atoms with E-state index < -0.39 is 29.7 Å². The molecule has 1 aromatic heterocycles. The van der Waals surface area contributed by atoms with Gasteiger partial charge in [-0.05, 0) is 19.1 Å². The maximum Gasteiger partial charge on any atom is 0.377 e. The van der Waals surface area contributed by atoms with Crippen LogP contribution in [-0.4, -0.2) is 51.1 Å². The first-order valence-electron chi connectivity index (χ1n) is 7.14. The number of rotatable bonds is 4. The van der Waals surface area contributed by atoms with Crippen LogP contribution in [0.2, 0.25) is 0 Å². The molecule has 3 amide bonds. The van der Waals surface area contributed by atoms with Crippen molar-refractivity contribution in [2.45, 2.75) is 13.0 Å². The molecule has 1 aromatic carbocycles. The summed E-state index contributed by atoms with van der Waals surface area (Å²) in [6.45, 7) is 1.43. The molecule has 1 aliphatic heterocycles. The second kappa shape index (κ2) is 6.40. The number of imide groups is 1. The number of aromatic nitrogens is 2. The van der Waals surface area contributed by atoms with Crippen molar-refractivity contribution in [3.8, 4) is 0 Å². The van der Waals surface area contributed by atoms with Crippen LogP contribution in [0.25, 0.3) is 0 Å². The Morgan fingerprint density at radius 3 is 2.36 bits per heavy atom. The van der Waals surface area contributed by atoms with Gasteiger partial charge in [0.2, 0.25) is 11.0 Å². The van der Waals surface area contributed by atoms with Gasteiger partial charge < -0.3 is 4.74 Å². The minimum Gasteiger partial charge on any atom is -0.463 e. The highest BCUT2D eigenvalue weighted by atomic mass is 32.1. The summed E-state index contributed by atoms with van der Waals surface area (Å²) in [5.74, 6) is -2.60. The van der Waals surface area contributed by atoms with Gasteiger partial charge >= 0.3 is 5.97 Å². The number of carbonyl (C=O) groups excluding carboxylic acids is 4. The maximum absolute atomic E-state index is 12.4. The van der Waals surface area contributed by atoms with Crippen molar-refractivity contribution < 1.29 is 23.9 Å². The lowest BCUT2D eigenvalue weighted by Crippen LogP contribution is -2.45. The zero-order chi connectivity index (χ0) is 18.1. The van der Waals surface area contributed by atoms with Crippen LogP contribution in [0.4, 0.5) is 5.13 Å². The molecular weight excluding hydrogens is 348 g/mol. The van der Waals surface area contributed by atoms with Crippen LogP contribution in [0, 0.1) is 0 Å². The summed E-state index contributed by atoms with van der Waals surface area (Å²) < 4.78 is 8.23. The van der Waals surface area contributed by atoms with Gasteiger partial charge in [0.05, 0.1) is 18.2 Å². The number of amides is 3. The van der Waals surface area contributed by atoms with Gasteiger partial charge in [0.25, 0.3) is 17.6 Å². The predicted molar refractivity (Wildman–Crippen MR) is 86.3 cm³/mol. The summed E-state index contributed by atoms with van der Waals surface area (Å²) in [6.07, 6.45) is 0. The zero-order valence-electron chi connectivity index (χ0n) is 13.2. The highest BCUT2D eigenvalue weighted by Gasteiger charge is 2.40. The fourth-order valence-electron chi connectivity index (χ4n) is 2.34. The SMILES string of the molecule is COC(=O)c1nsc(NC(=O)C(C)N2C(=O)c3ccccc3C2=O)n1. The highest BCUT2D eigenvalue weighted by molar-refractivity contribution is 7.10. The van der Waals surface area contributed by atoms with Gasteiger partial charge in [-0.25, -0.2) is 4.79 Å². The van der Waals surface area contributed by atoms with Gasteiger partial charge in [-0.15, -0.1) is 0 Å². The van der Waals surface area contributed by atoms with E-state index in [4.69, 9.17) is 0 Å². The van der Waals surface area contributed by atoms with Crippen LogP contribution in [0.1, 0.15) is 38.3 Å². The molecule has 0 saturated carbocycles. The molecule has 128 valence electrons. The van der Waals surface area contributed by atoms with Crippen LogP contribution in [0.15, 0.2) is 24.3 Å². The molecule has 3 rings (SSSR count). The van der Waals surface area contributed by atoms with E-state index in [0.29, 0.717) is 0 Å². The molecule has 1 aliphatic rings. The van der Waals surface area contributed by atoms with Gasteiger partial charge in [-0.1, -0.05) is 12.1 Å². The molecule has 0 spiro atoms. The molecule has 0 radical (unpaired) electrons. The standard InChI is InChI=1S/C15H12N4O5S/c1-7(11(20)17-15-16-10(18-25-15)14(23)24-2)19-12(21)8-5-3-4-6-9(8)13(19)22/h3-7H,1-2H3,(H,16,17,18,20). The van der Waals surface area contributed by atoms with Gasteiger partial charge in [-0.3, -0.25) is 24.6 Å². The molecular formula is C15H12N4O5S. The lowest BCUT2D eigenvalue weighted by molar-refractivity contribution is -0.119. The van der Waals surface area contributed by atoms with Crippen molar-refractivity contribution in [3.05, 3.63) is 41.2 Å². The van der Waals surface area contributed by atoms with E-state index in [0.717, 1.165) is 16.4 Å². The third-order valence-electron chi connectivity index (χ3n) is 3.62. The molecule has 2 heterocycles. The van der Waals surface area contributed by atoms with E-state index in [1.165, 1.54) is 26.2 Å². The topological polar surface area (TPSA) is 119 Å². The molecule has 9 nitrogen and oxygen atoms in total. The van der Waals surface area contributed by atoms with E-state index in [2.05, 4.69) is 19.4 Å². The van der Waals surface area contributed by atoms with E-state index in [-0.39, 0.29) is 22.1 Å². The van der Waals surface area contributed by atoms with Crippen molar-refractivity contribution in [2.24, 2.45) is 0 Å². The van der Waals surface area contributed by atoms with Crippen LogP contribution < -0.4 is 5.32 Å². The molecule has 0 aliphatic carbocycles. The second-order valence-electron chi connectivity index (χ2n) is 5.11. The highest BCUT2D eigenvalue weighted by Crippen LogP contribution is 2.25. The number of hydrogen-bond donors (Lipinski definition) is 1. The second-order valence-corrected chi connectivity index (χ2v) is 5.86. The molecule has 25 heavy (non-hydrogen) atoms. The van der Waals surface area contributed by atoms with Gasteiger partial charge in [0.15, 0.2) is 0 Å². The summed E-state index contributed by atoms with van der Waals surface area (Å²) in [6, 6.07) is 5.31. The largest absolute Gasteiger partial charge is 0.463 e. The molecule has 10 heteroatoms. The summed E-state index contributed by atoms with van der Waals surface area (Å²) in [4.78, 5) is 53.1. The maximum atomic E-state index is 12.4. The van der Waals surface area contributed by atoms with Crippen molar-refractivity contribution in [1.82, 2.24) is 14.3 Å². The Morgan fingerprint density at radius 1 is 1.20 bits per heavy atom. The van der Waals surface area contributed by atoms with Crippen molar-refractivity contribution in [3.63, 3.8) is 0 Å². The van der Waals surface area contributed by atoms with Gasteiger partial charge in [0, 0.05) is 11.5 Å². The quantitative estimate of drug-likeness (QED) is 0.637. The van der Waals surface area contributed by atoms with Crippen molar-refractivity contribution >= 4 is 40.4 Å². The van der Waals surface area contributed by atoms with Crippen LogP contribution in [0.3, 0.4) is 0 Å². The number of ether oxygens (including phenoxy) is 1. The predicted octanol–water partition coefficient (Wildman–Crippen LogP) is 0.948. The average Bonchev–Trinajstić information content (AvgIpc) is 3.18. The Hall–Kier alpha value is -3.14. The molecule has 1 atom stereocenters. The van der Waals surface area contributed by atoms with Crippen LogP contribution in [-0.2, 0) is 9.53 Å². The summed E-state index contributed by atoms with van der Waals surface area (Å²) in [5.41, 5.74) is 0.520. The van der Waals surface area contributed by atoms with Gasteiger partial charge in [0.1, 0.15) is 6.04 Å². The Kier molecular flexibility index (Phi) is 4.28. The van der Waals surface area contributed by atoms with Crippen molar-refractivity contribution in [2.75, 3.05) is 12.4 Å². The minimum atomic E-state index is -1.06. The molecule has 0 bridgehead atoms. The lowest BCUT2D eigenvalue weighted by Gasteiger charge is -2.20. The molecule has 0 fully saturated rings. The fourth-order valence-corrected chi connectivity index (χ4v) is 2.90. The smallest absolute Gasteiger partial charge is 0.377 e. The number of benzene rings is 1. The summed E-state index contributed by atoms with van der Waals surface area (Å²) >= 11 is 0.788. The average molecular weight is 360 g/mol. The monoisotopic (exact) mass is 360 g/mol. The van der Waals surface area contributed by atoms with E-state index in [9.17, 15) is 19.2 Å². The Bertz CT molecular complexity index is 859. The number of nitrogens with zero attached hydrogens (tertiary/aromatic N) is 3. The van der Waals surface area contributed by atoms with E-state index >= 15 is 0 Å². The number of esters is 1. The molecule has 2 aromatic rings. The molecule has 1 unspecified atom stereocenters. The normalized spacial score (nSPS) is 14.2. The summed E-state index contributed by atoms with van der Waals surface area (Å²) in [5, 5.41) is 2.50. The number of hydrogen-bond acceptors (Lipinski definition) is 8. The zero-order valence-corrected chi connectivity index (χ0v) is 14.0. The first-order valence-corrected chi connectivity index (χ1v) is 7.91. The van der Waals surface area contributed by atoms with Crippen LogP contribution >= 0.6 is 11.5 Å². The fraction of sp³-hybridized carbons (Fsp3) is 0.200. The number of fused-ring (bicyclic) bond motifs is 1. The Labute approximate surface area is 145 Å². The van der Waals surface area contributed by atoms with Crippen LogP contribution in [0.5, 0.6) is 0 Å². The number of anilines is 1. The van der Waals surface area contributed by atoms with Crippen molar-refractivity contribution in [1.29, 1.82) is 0 Å². The first kappa shape index (κ1) is 16.7. The lowest BCUT2D eigenvalue weighted by atomic mass is 10.1. The first-order chi connectivity index (χ1) is 11.9.